The average molecular weight is 607 g/mol. The molecule has 2 amide bonds. The smallest absolute Gasteiger partial charge is 0.306 e. The highest BCUT2D eigenvalue weighted by Crippen LogP contribution is 2.46. The van der Waals surface area contributed by atoms with E-state index in [2.05, 4.69) is 15.3 Å². The van der Waals surface area contributed by atoms with E-state index < -0.39 is 35.8 Å². The number of rotatable bonds is 7. The highest BCUT2D eigenvalue weighted by molar-refractivity contribution is 6.41. The maximum absolute atomic E-state index is 13.2. The molecule has 42 heavy (non-hydrogen) atoms. The van der Waals surface area contributed by atoms with E-state index in [1.807, 2.05) is 12.1 Å². The Hall–Kier alpha value is -4.41. The van der Waals surface area contributed by atoms with E-state index in [9.17, 15) is 19.5 Å². The number of carboxylic acids is 1. The molecule has 4 aromatic rings. The minimum absolute atomic E-state index is 0.126. The van der Waals surface area contributed by atoms with Crippen LogP contribution in [0.15, 0.2) is 54.7 Å². The number of benzene rings is 3. The molecule has 1 saturated carbocycles. The summed E-state index contributed by atoms with van der Waals surface area (Å²) in [6.45, 7) is 0. The maximum Gasteiger partial charge on any atom is 0.306 e. The first kappa shape index (κ1) is 27.7. The maximum atomic E-state index is 13.2. The summed E-state index contributed by atoms with van der Waals surface area (Å²) in [6.07, 6.45) is 1.94. The molecule has 3 aromatic carbocycles. The van der Waals surface area contributed by atoms with Crippen LogP contribution in [0.3, 0.4) is 0 Å². The highest BCUT2D eigenvalue weighted by Gasteiger charge is 2.48. The van der Waals surface area contributed by atoms with Gasteiger partial charge in [0.2, 0.25) is 5.95 Å². The van der Waals surface area contributed by atoms with Gasteiger partial charge in [0.25, 0.3) is 11.8 Å². The second kappa shape index (κ2) is 10.8. The Morgan fingerprint density at radius 3 is 2.21 bits per heavy atom. The number of methoxy groups -OCH3 is 2. The normalized spacial score (nSPS) is 19.7. The van der Waals surface area contributed by atoms with Gasteiger partial charge in [0.15, 0.2) is 0 Å². The van der Waals surface area contributed by atoms with Crippen molar-refractivity contribution >= 4 is 57.8 Å². The van der Waals surface area contributed by atoms with Gasteiger partial charge in [-0.25, -0.2) is 9.97 Å². The molecule has 1 aliphatic heterocycles. The summed E-state index contributed by atoms with van der Waals surface area (Å²) in [6, 6.07) is 12.4. The predicted molar refractivity (Wildman–Crippen MR) is 157 cm³/mol. The van der Waals surface area contributed by atoms with E-state index in [1.54, 1.807) is 42.6 Å². The first-order valence-electron chi connectivity index (χ1n) is 13.0. The van der Waals surface area contributed by atoms with E-state index in [1.165, 1.54) is 19.1 Å². The third-order valence-electron chi connectivity index (χ3n) is 7.79. The van der Waals surface area contributed by atoms with Gasteiger partial charge in [-0.15, -0.1) is 0 Å². The van der Waals surface area contributed by atoms with Crippen LogP contribution in [-0.4, -0.2) is 64.1 Å². The van der Waals surface area contributed by atoms with Crippen molar-refractivity contribution < 1.29 is 29.0 Å². The minimum atomic E-state index is -0.987. The van der Waals surface area contributed by atoms with E-state index >= 15 is 0 Å². The second-order valence-corrected chi connectivity index (χ2v) is 10.9. The van der Waals surface area contributed by atoms with Crippen LogP contribution in [0, 0.1) is 5.92 Å². The molecule has 0 spiro atoms. The van der Waals surface area contributed by atoms with Gasteiger partial charge in [-0.1, -0.05) is 41.4 Å². The van der Waals surface area contributed by atoms with Crippen molar-refractivity contribution in [1.29, 1.82) is 0 Å². The predicted octanol–water partition coefficient (Wildman–Crippen LogP) is 5.56. The van der Waals surface area contributed by atoms with Crippen LogP contribution in [0.5, 0.6) is 11.5 Å². The number of anilines is 1. The fourth-order valence-electron chi connectivity index (χ4n) is 5.73. The van der Waals surface area contributed by atoms with Gasteiger partial charge in [0, 0.05) is 23.2 Å². The summed E-state index contributed by atoms with van der Waals surface area (Å²) in [5, 5.41) is 14.3. The Bertz CT molecular complexity index is 1720. The fourth-order valence-corrected chi connectivity index (χ4v) is 6.45. The van der Waals surface area contributed by atoms with Gasteiger partial charge < -0.3 is 19.9 Å². The molecule has 214 valence electrons. The average Bonchev–Trinajstić information content (AvgIpc) is 3.51. The van der Waals surface area contributed by atoms with Crippen LogP contribution in [-0.2, 0) is 4.79 Å². The molecule has 2 aliphatic rings. The lowest BCUT2D eigenvalue weighted by Crippen LogP contribution is -2.47. The summed E-state index contributed by atoms with van der Waals surface area (Å²) in [7, 11) is 3.01. The Morgan fingerprint density at radius 2 is 1.62 bits per heavy atom. The third kappa shape index (κ3) is 4.56. The molecule has 1 fully saturated rings. The zero-order valence-electron chi connectivity index (χ0n) is 22.4. The van der Waals surface area contributed by atoms with Gasteiger partial charge in [-0.2, -0.15) is 0 Å². The molecule has 10 nitrogen and oxygen atoms in total. The number of carbonyl (C=O) groups excluding carboxylic acids is 2. The first-order valence-corrected chi connectivity index (χ1v) is 13.8. The zero-order valence-corrected chi connectivity index (χ0v) is 23.9. The lowest BCUT2D eigenvalue weighted by molar-refractivity contribution is -0.141. The number of hydrogen-bond acceptors (Lipinski definition) is 8. The van der Waals surface area contributed by atoms with Crippen molar-refractivity contribution in [3.05, 3.63) is 75.9 Å². The standard InChI is InChI=1S/C30H24Cl2N4O6/c1-41-22-12-23(42-2)26(32)24(25(22)31)14-7-8-19-16(9-14)13-33-30(34-19)35-20-10-15(29(39)40)11-21(20)36-27(37)17-5-3-4-6-18(17)28(36)38/h3-9,12-13,15,20-21H,10-11H2,1-2H3,(H,39,40)(H,33,34,35)/t15-,20+,21-/m0/s1. The Balaban J connectivity index is 1.31. The molecule has 2 heterocycles. The zero-order chi connectivity index (χ0) is 29.7. The molecular formula is C30H24Cl2N4O6. The molecule has 0 radical (unpaired) electrons. The van der Waals surface area contributed by atoms with Crippen LogP contribution in [0.2, 0.25) is 10.0 Å². The number of nitrogens with one attached hydrogen (secondary N) is 1. The molecular weight excluding hydrogens is 583 g/mol. The summed E-state index contributed by atoms with van der Waals surface area (Å²) < 4.78 is 10.8. The Morgan fingerprint density at radius 1 is 0.976 bits per heavy atom. The van der Waals surface area contributed by atoms with E-state index in [-0.39, 0.29) is 18.8 Å². The number of fused-ring (bicyclic) bond motifs is 2. The van der Waals surface area contributed by atoms with Crippen LogP contribution in [0.25, 0.3) is 22.0 Å². The molecule has 3 atom stereocenters. The minimum Gasteiger partial charge on any atom is -0.495 e. The number of halogens is 2. The third-order valence-corrected chi connectivity index (χ3v) is 8.54. The Labute approximate surface area is 250 Å². The van der Waals surface area contributed by atoms with Crippen molar-refractivity contribution in [3.8, 4) is 22.6 Å². The fraction of sp³-hybridized carbons (Fsp3) is 0.233. The van der Waals surface area contributed by atoms with Crippen molar-refractivity contribution in [1.82, 2.24) is 14.9 Å². The topological polar surface area (TPSA) is 131 Å². The SMILES string of the molecule is COc1cc(OC)c(Cl)c(-c2ccc3nc(N[C@@H]4C[C@H](C(=O)O)C[C@@H]4N4C(=O)c5ccccc5C4=O)ncc3c2)c1Cl. The number of amides is 2. The molecule has 0 saturated heterocycles. The molecule has 1 aliphatic carbocycles. The second-order valence-electron chi connectivity index (χ2n) is 10.1. The number of nitrogens with zero attached hydrogens (tertiary/aromatic N) is 3. The Kier molecular flexibility index (Phi) is 7.12. The quantitative estimate of drug-likeness (QED) is 0.259. The molecule has 6 rings (SSSR count). The number of hydrogen-bond donors (Lipinski definition) is 2. The summed E-state index contributed by atoms with van der Waals surface area (Å²) in [5.41, 5.74) is 2.46. The van der Waals surface area contributed by atoms with Crippen molar-refractivity contribution in [2.24, 2.45) is 5.92 Å². The highest BCUT2D eigenvalue weighted by atomic mass is 35.5. The van der Waals surface area contributed by atoms with Crippen LogP contribution in [0.1, 0.15) is 33.6 Å². The van der Waals surface area contributed by atoms with Gasteiger partial charge in [-0.05, 0) is 42.7 Å². The lowest BCUT2D eigenvalue weighted by Gasteiger charge is -2.28. The van der Waals surface area contributed by atoms with Gasteiger partial charge >= 0.3 is 5.97 Å². The van der Waals surface area contributed by atoms with Gasteiger partial charge in [0.05, 0.1) is 58.9 Å². The number of carbonyl (C=O) groups is 3. The number of ether oxygens (including phenoxy) is 2. The summed E-state index contributed by atoms with van der Waals surface area (Å²) in [5.74, 6) is -1.53. The molecule has 12 heteroatoms. The molecule has 1 aromatic heterocycles. The van der Waals surface area contributed by atoms with Crippen LogP contribution >= 0.6 is 23.2 Å². The summed E-state index contributed by atoms with van der Waals surface area (Å²) >= 11 is 13.2. The van der Waals surface area contributed by atoms with Crippen molar-refractivity contribution in [3.63, 3.8) is 0 Å². The number of imide groups is 1. The monoisotopic (exact) mass is 606 g/mol. The van der Waals surface area contributed by atoms with Gasteiger partial charge in [-0.3, -0.25) is 19.3 Å². The van der Waals surface area contributed by atoms with E-state index in [4.69, 9.17) is 32.7 Å². The van der Waals surface area contributed by atoms with E-state index in [0.29, 0.717) is 54.7 Å². The van der Waals surface area contributed by atoms with Crippen LogP contribution in [0.4, 0.5) is 5.95 Å². The molecule has 0 bridgehead atoms. The van der Waals surface area contributed by atoms with Gasteiger partial charge in [0.1, 0.15) is 11.5 Å². The van der Waals surface area contributed by atoms with E-state index in [0.717, 1.165) is 0 Å². The van der Waals surface area contributed by atoms with Crippen molar-refractivity contribution in [2.45, 2.75) is 24.9 Å². The van der Waals surface area contributed by atoms with Crippen LogP contribution < -0.4 is 14.8 Å². The molecule has 2 N–H and O–H groups in total. The first-order chi connectivity index (χ1) is 20.2. The summed E-state index contributed by atoms with van der Waals surface area (Å²) in [4.78, 5) is 48.5. The number of aliphatic carboxylic acids is 1. The molecule has 0 unspecified atom stereocenters. The number of aromatic nitrogens is 2. The lowest BCUT2D eigenvalue weighted by atomic mass is 10.0. The van der Waals surface area contributed by atoms with Crippen molar-refractivity contribution in [2.75, 3.05) is 19.5 Å². The largest absolute Gasteiger partial charge is 0.495 e. The number of carboxylic acid groups (broad SMARTS) is 1.